The molecule has 0 bridgehead atoms. The van der Waals surface area contributed by atoms with E-state index in [1.165, 1.54) is 6.33 Å². The van der Waals surface area contributed by atoms with Gasteiger partial charge in [-0.1, -0.05) is 0 Å². The summed E-state index contributed by atoms with van der Waals surface area (Å²) in [6.07, 6.45) is -1.16. The van der Waals surface area contributed by atoms with E-state index in [9.17, 15) is 18.0 Å². The molecule has 3 heterocycles. The summed E-state index contributed by atoms with van der Waals surface area (Å²) in [4.78, 5) is 23.6. The topological polar surface area (TPSA) is 65.1 Å². The molecule has 0 saturated carbocycles. The van der Waals surface area contributed by atoms with E-state index < -0.39 is 19.0 Å². The van der Waals surface area contributed by atoms with Crippen molar-refractivity contribution in [1.29, 1.82) is 0 Å². The number of anilines is 1. The van der Waals surface area contributed by atoms with Gasteiger partial charge in [0.15, 0.2) is 5.82 Å². The van der Waals surface area contributed by atoms with Crippen LogP contribution in [0.3, 0.4) is 0 Å². The molecule has 1 aliphatic rings. The van der Waals surface area contributed by atoms with Crippen LogP contribution in [0.25, 0.3) is 11.0 Å². The van der Waals surface area contributed by atoms with Crippen molar-refractivity contribution in [3.63, 3.8) is 0 Å². The van der Waals surface area contributed by atoms with Gasteiger partial charge in [0, 0.05) is 59.7 Å². The number of H-pyrrole nitrogens is 1. The molecule has 1 N–H and O–H groups in total. The van der Waals surface area contributed by atoms with Crippen LogP contribution in [-0.2, 0) is 25.9 Å². The van der Waals surface area contributed by atoms with Crippen LogP contribution in [0.1, 0.15) is 25.7 Å². The molecule has 3 rings (SSSR count). The fraction of sp³-hybridized carbons (Fsp3) is 0.529. The van der Waals surface area contributed by atoms with E-state index in [1.807, 2.05) is 23.1 Å². The van der Waals surface area contributed by atoms with Crippen LogP contribution in [0, 0.1) is 13.3 Å². The van der Waals surface area contributed by atoms with Gasteiger partial charge in [0.25, 0.3) is 0 Å². The fourth-order valence-electron chi connectivity index (χ4n) is 3.21. The summed E-state index contributed by atoms with van der Waals surface area (Å²) in [5.74, 6) is 0.0154. The molecule has 1 saturated heterocycles. The number of Topliss-reactive ketones (excluding diaryl/α,β-unsaturated/α-hetero) is 1. The third kappa shape index (κ3) is 5.75. The molecule has 0 aliphatic carbocycles. The molecule has 0 amide bonds. The van der Waals surface area contributed by atoms with Crippen LogP contribution in [0.5, 0.6) is 0 Å². The van der Waals surface area contributed by atoms with Crippen molar-refractivity contribution < 1.29 is 39.0 Å². The number of hydrogen-bond donors (Lipinski definition) is 1. The van der Waals surface area contributed by atoms with Gasteiger partial charge >= 0.3 is 6.18 Å². The first-order chi connectivity index (χ1) is 11.8. The van der Waals surface area contributed by atoms with Crippen molar-refractivity contribution in [3.05, 3.63) is 26.0 Å². The summed E-state index contributed by atoms with van der Waals surface area (Å²) in [5, 5.41) is 4.69. The van der Waals surface area contributed by atoms with E-state index in [-0.39, 0.29) is 40.2 Å². The first kappa shape index (κ1) is 23.6. The number of nitrogens with one attached hydrogen (secondary N) is 1. The molecule has 2 aromatic rings. The van der Waals surface area contributed by atoms with E-state index in [1.54, 1.807) is 6.20 Å². The smallest absolute Gasteiger partial charge is 0.358 e. The first-order valence-corrected chi connectivity index (χ1v) is 8.21. The zero-order valence-corrected chi connectivity index (χ0v) is 18.2. The summed E-state index contributed by atoms with van der Waals surface area (Å²) in [6.45, 7) is 1.14. The molecule has 10 heteroatoms. The second kappa shape index (κ2) is 9.64. The number of ketones is 1. The molecule has 1 atom stereocenters. The molecular formula is C17H23F3N5OW-. The minimum atomic E-state index is -4.29. The number of aromatic nitrogens is 3. The number of fused-ring (bicyclic) bond motifs is 1. The molecule has 1 unspecified atom stereocenters. The Hall–Kier alpha value is -1.47. The maximum Gasteiger partial charge on any atom is 0.389 e. The number of rotatable bonds is 5. The van der Waals surface area contributed by atoms with Gasteiger partial charge in [-0.15, -0.1) is 0 Å². The van der Waals surface area contributed by atoms with Crippen molar-refractivity contribution in [2.24, 2.45) is 5.92 Å². The van der Waals surface area contributed by atoms with Crippen molar-refractivity contribution in [2.75, 3.05) is 25.1 Å². The van der Waals surface area contributed by atoms with Crippen LogP contribution in [0.15, 0.2) is 18.6 Å². The zero-order chi connectivity index (χ0) is 18.0. The Balaban J connectivity index is 0.00000182. The Kier molecular flexibility index (Phi) is 8.42. The van der Waals surface area contributed by atoms with Crippen molar-refractivity contribution in [1.82, 2.24) is 20.0 Å². The number of carbonyl (C=O) groups excluding carboxylic acids is 1. The summed E-state index contributed by atoms with van der Waals surface area (Å²) < 4.78 is 37.0. The minimum absolute atomic E-state index is 0. The molecular weight excluding hydrogens is 531 g/mol. The van der Waals surface area contributed by atoms with E-state index in [2.05, 4.69) is 15.0 Å². The molecule has 6 nitrogen and oxygen atoms in total. The van der Waals surface area contributed by atoms with Gasteiger partial charge in [-0.05, 0) is 18.9 Å². The normalized spacial score (nSPS) is 17.9. The molecule has 0 spiro atoms. The average Bonchev–Trinajstić information content (AvgIpc) is 3.07. The zero-order valence-electron chi connectivity index (χ0n) is 15.3. The second-order valence-electron chi connectivity index (χ2n) is 6.29. The van der Waals surface area contributed by atoms with E-state index in [0.717, 1.165) is 18.4 Å². The van der Waals surface area contributed by atoms with Crippen molar-refractivity contribution in [3.8, 4) is 0 Å². The minimum Gasteiger partial charge on any atom is -0.358 e. The maximum atomic E-state index is 12.3. The fourth-order valence-corrected chi connectivity index (χ4v) is 3.21. The Labute approximate surface area is 170 Å². The van der Waals surface area contributed by atoms with E-state index >= 15 is 0 Å². The van der Waals surface area contributed by atoms with Gasteiger partial charge in [0.05, 0.1) is 11.8 Å². The summed E-state index contributed by atoms with van der Waals surface area (Å²) >= 11 is 0. The predicted molar refractivity (Wildman–Crippen MR) is 93.3 cm³/mol. The average molecular weight is 554 g/mol. The van der Waals surface area contributed by atoms with Crippen LogP contribution < -0.4 is 5.01 Å². The number of carbonyl (C=O) groups is 1. The molecule has 1 aliphatic heterocycles. The number of hydrazine groups is 1. The Morgan fingerprint density at radius 2 is 2.15 bits per heavy atom. The number of halogens is 3. The molecule has 0 aromatic carbocycles. The summed E-state index contributed by atoms with van der Waals surface area (Å²) in [6, 6.07) is 1.87. The van der Waals surface area contributed by atoms with Crippen molar-refractivity contribution >= 4 is 22.6 Å². The third-order valence-electron chi connectivity index (χ3n) is 4.57. The Morgan fingerprint density at radius 1 is 1.41 bits per heavy atom. The van der Waals surface area contributed by atoms with Gasteiger partial charge in [-0.3, -0.25) is 9.80 Å². The molecule has 2 aromatic heterocycles. The van der Waals surface area contributed by atoms with Crippen LogP contribution in [-0.4, -0.2) is 52.1 Å². The maximum absolute atomic E-state index is 12.3. The SMILES string of the molecule is CN(c1ncnc2[nH]ccc12)N1CCCC(C(=O)CCC(F)(F)F)C1.[CH3-].[W]. The number of piperidine rings is 1. The molecule has 1 fully saturated rings. The largest absolute Gasteiger partial charge is 0.389 e. The molecule has 27 heavy (non-hydrogen) atoms. The van der Waals surface area contributed by atoms with Crippen molar-refractivity contribution in [2.45, 2.75) is 31.9 Å². The van der Waals surface area contributed by atoms with Gasteiger partial charge in [0.2, 0.25) is 0 Å². The van der Waals surface area contributed by atoms with E-state index in [0.29, 0.717) is 24.4 Å². The number of nitrogens with zero attached hydrogens (tertiary/aromatic N) is 4. The second-order valence-corrected chi connectivity index (χ2v) is 6.29. The van der Waals surface area contributed by atoms with Gasteiger partial charge in [-0.25, -0.2) is 15.0 Å². The first-order valence-electron chi connectivity index (χ1n) is 8.21. The van der Waals surface area contributed by atoms with Gasteiger partial charge in [-0.2, -0.15) is 13.2 Å². The molecule has 0 radical (unpaired) electrons. The Morgan fingerprint density at radius 3 is 2.85 bits per heavy atom. The number of hydrogen-bond acceptors (Lipinski definition) is 5. The van der Waals surface area contributed by atoms with E-state index in [4.69, 9.17) is 0 Å². The number of aromatic amines is 1. The summed E-state index contributed by atoms with van der Waals surface area (Å²) in [5.41, 5.74) is 0.715. The quantitative estimate of drug-likeness (QED) is 0.575. The van der Waals surface area contributed by atoms with Gasteiger partial charge in [0.1, 0.15) is 17.8 Å². The molecule has 150 valence electrons. The number of alkyl halides is 3. The van der Waals surface area contributed by atoms with Crippen LogP contribution in [0.4, 0.5) is 19.0 Å². The summed E-state index contributed by atoms with van der Waals surface area (Å²) in [7, 11) is 1.84. The standard InChI is InChI=1S/C16H20F3N5O.CH3.W/c1-23(15-12-5-7-20-14(12)21-10-22-15)24-8-2-3-11(9-24)13(25)4-6-16(17,18)19;;/h5,7,10-11H,2-4,6,8-9H2,1H3,(H,20,21,22);1H3;/q;-1;. The predicted octanol–water partition coefficient (Wildman–Crippen LogP) is 3.38. The third-order valence-corrected chi connectivity index (χ3v) is 4.57. The Bertz CT molecular complexity index is 751. The monoisotopic (exact) mass is 554 g/mol. The van der Waals surface area contributed by atoms with Crippen LogP contribution >= 0.6 is 0 Å². The van der Waals surface area contributed by atoms with Gasteiger partial charge < -0.3 is 12.4 Å². The van der Waals surface area contributed by atoms with Crippen LogP contribution in [0.2, 0.25) is 0 Å².